The lowest BCUT2D eigenvalue weighted by Gasteiger charge is -2.39. The molecule has 1 aromatic rings. The number of rotatable bonds is 5. The number of likely N-dealkylation sites (N-methyl/N-ethyl adjacent to an activating group) is 1. The summed E-state index contributed by atoms with van der Waals surface area (Å²) in [5.41, 5.74) is 5.87. The van der Waals surface area contributed by atoms with Crippen molar-refractivity contribution in [2.24, 2.45) is 5.41 Å². The van der Waals surface area contributed by atoms with Gasteiger partial charge in [0.05, 0.1) is 6.61 Å². The van der Waals surface area contributed by atoms with E-state index in [1.807, 2.05) is 18.0 Å². The number of hydrogen-bond acceptors (Lipinski definition) is 8. The summed E-state index contributed by atoms with van der Waals surface area (Å²) in [6.45, 7) is 2.88. The molecule has 0 bridgehead atoms. The van der Waals surface area contributed by atoms with E-state index in [1.54, 1.807) is 0 Å². The SMILES string of the molecule is CN1CC2(CCN(c3cc(NCCO)nc(N)n3)CC2)C[C@@H]1C(=O)O. The van der Waals surface area contributed by atoms with E-state index in [1.165, 1.54) is 0 Å². The number of aliphatic carboxylic acids is 1. The third kappa shape index (κ3) is 3.77. The molecule has 0 radical (unpaired) electrons. The standard InChI is InChI=1S/C16H26N6O3/c1-21-10-16(9-11(21)14(24)25)2-5-22(6-3-16)13-8-12(18-4-7-23)19-15(17)20-13/h8,11,23H,2-7,9-10H2,1H3,(H,24,25)(H3,17,18,19,20)/t11-/m1/s1. The number of likely N-dealkylation sites (tertiary alicyclic amines) is 1. The maximum Gasteiger partial charge on any atom is 0.320 e. The van der Waals surface area contributed by atoms with Crippen molar-refractivity contribution in [2.45, 2.75) is 25.3 Å². The highest BCUT2D eigenvalue weighted by atomic mass is 16.4. The summed E-state index contributed by atoms with van der Waals surface area (Å²) in [5.74, 6) is 0.835. The Balaban J connectivity index is 1.67. The second-order valence-electron chi connectivity index (χ2n) is 7.08. The minimum atomic E-state index is -0.732. The van der Waals surface area contributed by atoms with Crippen LogP contribution in [0, 0.1) is 5.41 Å². The van der Waals surface area contributed by atoms with E-state index in [9.17, 15) is 9.90 Å². The zero-order valence-electron chi connectivity index (χ0n) is 14.5. The van der Waals surface area contributed by atoms with Gasteiger partial charge in [-0.25, -0.2) is 0 Å². The Hall–Kier alpha value is -2.13. The first-order chi connectivity index (χ1) is 11.9. The summed E-state index contributed by atoms with van der Waals surface area (Å²) in [6, 6.07) is 1.46. The molecule has 1 atom stereocenters. The Bertz CT molecular complexity index is 632. The van der Waals surface area contributed by atoms with Gasteiger partial charge in [0.15, 0.2) is 0 Å². The van der Waals surface area contributed by atoms with Gasteiger partial charge >= 0.3 is 5.97 Å². The number of anilines is 3. The molecule has 5 N–H and O–H groups in total. The minimum absolute atomic E-state index is 0.0176. The van der Waals surface area contributed by atoms with Gasteiger partial charge in [0, 0.05) is 32.2 Å². The van der Waals surface area contributed by atoms with Gasteiger partial charge in [0.25, 0.3) is 0 Å². The molecule has 1 spiro atoms. The molecule has 9 nitrogen and oxygen atoms in total. The van der Waals surface area contributed by atoms with Gasteiger partial charge in [-0.3, -0.25) is 9.69 Å². The second-order valence-corrected chi connectivity index (χ2v) is 7.08. The molecule has 2 aliphatic heterocycles. The monoisotopic (exact) mass is 350 g/mol. The molecule has 1 aromatic heterocycles. The molecule has 25 heavy (non-hydrogen) atoms. The van der Waals surface area contributed by atoms with E-state index < -0.39 is 5.97 Å². The Morgan fingerprint density at radius 2 is 2.16 bits per heavy atom. The summed E-state index contributed by atoms with van der Waals surface area (Å²) in [6.07, 6.45) is 2.58. The van der Waals surface area contributed by atoms with Crippen molar-refractivity contribution >= 4 is 23.6 Å². The summed E-state index contributed by atoms with van der Waals surface area (Å²) >= 11 is 0. The fourth-order valence-electron chi connectivity index (χ4n) is 4.01. The van der Waals surface area contributed by atoms with Gasteiger partial charge < -0.3 is 26.2 Å². The van der Waals surface area contributed by atoms with Gasteiger partial charge in [-0.1, -0.05) is 0 Å². The number of hydrogen-bond donors (Lipinski definition) is 4. The topological polar surface area (TPSA) is 128 Å². The van der Waals surface area contributed by atoms with Crippen molar-refractivity contribution < 1.29 is 15.0 Å². The number of carbonyl (C=O) groups is 1. The molecule has 3 rings (SSSR count). The van der Waals surface area contributed by atoms with Crippen LogP contribution >= 0.6 is 0 Å². The average Bonchev–Trinajstić information content (AvgIpc) is 2.89. The fourth-order valence-corrected chi connectivity index (χ4v) is 4.01. The molecule has 0 aliphatic carbocycles. The van der Waals surface area contributed by atoms with Crippen LogP contribution in [0.4, 0.5) is 17.6 Å². The first kappa shape index (κ1) is 17.7. The number of nitrogen functional groups attached to an aromatic ring is 1. The first-order valence-corrected chi connectivity index (χ1v) is 8.60. The quantitative estimate of drug-likeness (QED) is 0.572. The Labute approximate surface area is 146 Å². The molecule has 0 amide bonds. The maximum absolute atomic E-state index is 11.4. The summed E-state index contributed by atoms with van der Waals surface area (Å²) in [5, 5.41) is 21.3. The van der Waals surface area contributed by atoms with Crippen molar-refractivity contribution in [3.8, 4) is 0 Å². The Kier molecular flexibility index (Phi) is 4.96. The molecular weight excluding hydrogens is 324 g/mol. The summed E-state index contributed by atoms with van der Waals surface area (Å²) in [4.78, 5) is 23.9. The number of nitrogens with zero attached hydrogens (tertiary/aromatic N) is 4. The number of nitrogens with two attached hydrogens (primary N) is 1. The highest BCUT2D eigenvalue weighted by molar-refractivity contribution is 5.74. The van der Waals surface area contributed by atoms with Crippen LogP contribution in [-0.4, -0.2) is 76.9 Å². The second kappa shape index (κ2) is 7.01. The van der Waals surface area contributed by atoms with Crippen LogP contribution < -0.4 is 16.0 Å². The van der Waals surface area contributed by atoms with E-state index in [4.69, 9.17) is 10.8 Å². The summed E-state index contributed by atoms with van der Waals surface area (Å²) < 4.78 is 0. The Morgan fingerprint density at radius 1 is 1.44 bits per heavy atom. The number of aliphatic hydroxyl groups is 1. The van der Waals surface area contributed by atoms with E-state index >= 15 is 0 Å². The van der Waals surface area contributed by atoms with Crippen molar-refractivity contribution in [1.82, 2.24) is 14.9 Å². The third-order valence-electron chi connectivity index (χ3n) is 5.32. The lowest BCUT2D eigenvalue weighted by Crippen LogP contribution is -2.41. The van der Waals surface area contributed by atoms with Crippen LogP contribution in [0.3, 0.4) is 0 Å². The van der Waals surface area contributed by atoms with E-state index in [0.29, 0.717) is 18.8 Å². The molecule has 9 heteroatoms. The Morgan fingerprint density at radius 3 is 2.76 bits per heavy atom. The largest absolute Gasteiger partial charge is 0.480 e. The zero-order valence-corrected chi connectivity index (χ0v) is 14.5. The lowest BCUT2D eigenvalue weighted by molar-refractivity contribution is -0.141. The van der Waals surface area contributed by atoms with Crippen molar-refractivity contribution in [1.29, 1.82) is 0 Å². The van der Waals surface area contributed by atoms with Crippen molar-refractivity contribution in [2.75, 3.05) is 55.8 Å². The highest BCUT2D eigenvalue weighted by Gasteiger charge is 2.46. The van der Waals surface area contributed by atoms with Crippen LogP contribution in [-0.2, 0) is 4.79 Å². The van der Waals surface area contributed by atoms with Crippen LogP contribution in [0.25, 0.3) is 0 Å². The molecule has 0 aromatic carbocycles. The van der Waals surface area contributed by atoms with Gasteiger partial charge in [0.2, 0.25) is 5.95 Å². The van der Waals surface area contributed by atoms with Gasteiger partial charge in [0.1, 0.15) is 17.7 Å². The molecule has 0 saturated carbocycles. The molecular formula is C16H26N6O3. The molecule has 3 heterocycles. The van der Waals surface area contributed by atoms with Gasteiger partial charge in [-0.05, 0) is 31.7 Å². The maximum atomic E-state index is 11.4. The number of nitrogens with one attached hydrogen (secondary N) is 1. The van der Waals surface area contributed by atoms with Crippen LogP contribution in [0.1, 0.15) is 19.3 Å². The van der Waals surface area contributed by atoms with Gasteiger partial charge in [-0.15, -0.1) is 0 Å². The number of carboxylic acids is 1. The van der Waals surface area contributed by atoms with E-state index in [-0.39, 0.29) is 24.0 Å². The molecule has 0 unspecified atom stereocenters. The number of carboxylic acid groups (broad SMARTS) is 1. The molecule has 2 saturated heterocycles. The molecule has 2 aliphatic rings. The van der Waals surface area contributed by atoms with Crippen LogP contribution in [0.5, 0.6) is 0 Å². The van der Waals surface area contributed by atoms with E-state index in [2.05, 4.69) is 20.2 Å². The van der Waals surface area contributed by atoms with Gasteiger partial charge in [-0.2, -0.15) is 9.97 Å². The predicted molar refractivity (Wildman–Crippen MR) is 94.6 cm³/mol. The molecule has 2 fully saturated rings. The molecule has 138 valence electrons. The van der Waals surface area contributed by atoms with Crippen molar-refractivity contribution in [3.05, 3.63) is 6.07 Å². The first-order valence-electron chi connectivity index (χ1n) is 8.60. The van der Waals surface area contributed by atoms with E-state index in [0.717, 1.165) is 38.3 Å². The normalized spacial score (nSPS) is 23.1. The minimum Gasteiger partial charge on any atom is -0.480 e. The third-order valence-corrected chi connectivity index (χ3v) is 5.32. The predicted octanol–water partition coefficient (Wildman–Crippen LogP) is -0.162. The van der Waals surface area contributed by atoms with Crippen molar-refractivity contribution in [3.63, 3.8) is 0 Å². The van der Waals surface area contributed by atoms with Crippen LogP contribution in [0.2, 0.25) is 0 Å². The number of aliphatic hydroxyl groups excluding tert-OH is 1. The van der Waals surface area contributed by atoms with Crippen LogP contribution in [0.15, 0.2) is 6.07 Å². The summed E-state index contributed by atoms with van der Waals surface area (Å²) in [7, 11) is 1.89. The number of aromatic nitrogens is 2. The number of piperidine rings is 1. The smallest absolute Gasteiger partial charge is 0.320 e. The fraction of sp³-hybridized carbons (Fsp3) is 0.688. The average molecular weight is 350 g/mol. The highest BCUT2D eigenvalue weighted by Crippen LogP contribution is 2.43. The lowest BCUT2D eigenvalue weighted by atomic mass is 9.76. The zero-order chi connectivity index (χ0) is 18.0.